The van der Waals surface area contributed by atoms with E-state index < -0.39 is 0 Å². The van der Waals surface area contributed by atoms with E-state index in [1.54, 1.807) is 0 Å². The highest BCUT2D eigenvalue weighted by atomic mass is 31.1. The summed E-state index contributed by atoms with van der Waals surface area (Å²) in [5.74, 6) is 0.499. The largest absolute Gasteiger partial charge is 0.378 e. The molecule has 0 radical (unpaired) electrons. The van der Waals surface area contributed by atoms with E-state index in [1.807, 2.05) is 0 Å². The topological polar surface area (TPSA) is 6.48 Å². The number of nitrogens with zero attached hydrogens (tertiary/aromatic N) is 2. The third kappa shape index (κ3) is 2.09. The van der Waals surface area contributed by atoms with Gasteiger partial charge in [0.2, 0.25) is 0 Å². The smallest absolute Gasteiger partial charge is 0.0774 e. The Hall–Kier alpha value is -1.53. The second-order valence-electron chi connectivity index (χ2n) is 5.57. The molecule has 20 heavy (non-hydrogen) atoms. The van der Waals surface area contributed by atoms with Crippen molar-refractivity contribution in [3.8, 4) is 0 Å². The standard InChI is InChI=1S/C17H21N2P/c1-18(2)14-10-11-16-15(12-14)19(3)17(20(16)4)13-8-6-5-7-9-13/h5-12,17H,1-4H3. The fourth-order valence-corrected chi connectivity index (χ4v) is 5.39. The summed E-state index contributed by atoms with van der Waals surface area (Å²) in [4.78, 5) is 4.62. The molecule has 3 heteroatoms. The number of anilines is 2. The van der Waals surface area contributed by atoms with Gasteiger partial charge in [-0.2, -0.15) is 0 Å². The lowest BCUT2D eigenvalue weighted by Gasteiger charge is -2.26. The quantitative estimate of drug-likeness (QED) is 0.777. The molecule has 2 unspecified atom stereocenters. The van der Waals surface area contributed by atoms with Crippen LogP contribution < -0.4 is 15.1 Å². The molecule has 1 heterocycles. The van der Waals surface area contributed by atoms with Crippen molar-refractivity contribution < 1.29 is 0 Å². The minimum absolute atomic E-state index is 0.184. The number of fused-ring (bicyclic) bond motifs is 1. The Morgan fingerprint density at radius 2 is 1.75 bits per heavy atom. The second-order valence-corrected chi connectivity index (χ2v) is 7.77. The van der Waals surface area contributed by atoms with Gasteiger partial charge in [0.25, 0.3) is 0 Å². The van der Waals surface area contributed by atoms with Gasteiger partial charge in [0.15, 0.2) is 0 Å². The van der Waals surface area contributed by atoms with Crippen LogP contribution in [0.2, 0.25) is 0 Å². The Labute approximate surface area is 122 Å². The molecule has 2 atom stereocenters. The van der Waals surface area contributed by atoms with Crippen molar-refractivity contribution in [3.63, 3.8) is 0 Å². The van der Waals surface area contributed by atoms with Gasteiger partial charge in [-0.3, -0.25) is 0 Å². The molecule has 0 aliphatic carbocycles. The molecule has 0 bridgehead atoms. The number of rotatable bonds is 2. The van der Waals surface area contributed by atoms with Crippen LogP contribution >= 0.6 is 7.92 Å². The summed E-state index contributed by atoms with van der Waals surface area (Å²) in [6, 6.07) is 17.7. The van der Waals surface area contributed by atoms with Gasteiger partial charge in [-0.15, -0.1) is 0 Å². The van der Waals surface area contributed by atoms with Gasteiger partial charge in [-0.05, 0) is 32.3 Å². The molecule has 1 aliphatic heterocycles. The molecule has 2 aromatic carbocycles. The van der Waals surface area contributed by atoms with E-state index in [1.165, 1.54) is 22.2 Å². The van der Waals surface area contributed by atoms with Crippen LogP contribution in [0.4, 0.5) is 11.4 Å². The van der Waals surface area contributed by atoms with E-state index in [2.05, 4.69) is 86.1 Å². The van der Waals surface area contributed by atoms with Crippen LogP contribution in [0.15, 0.2) is 48.5 Å². The van der Waals surface area contributed by atoms with Crippen LogP contribution in [-0.4, -0.2) is 27.8 Å². The second kappa shape index (κ2) is 5.10. The molecule has 0 spiro atoms. The lowest BCUT2D eigenvalue weighted by atomic mass is 10.2. The molecule has 2 aromatic rings. The molecule has 0 saturated heterocycles. The summed E-state index contributed by atoms with van der Waals surface area (Å²) < 4.78 is 0. The predicted molar refractivity (Wildman–Crippen MR) is 90.8 cm³/mol. The molecule has 1 aliphatic rings. The average molecular weight is 284 g/mol. The molecular formula is C17H21N2P. The van der Waals surface area contributed by atoms with Gasteiger partial charge in [0.05, 0.1) is 5.78 Å². The molecule has 0 saturated carbocycles. The van der Waals surface area contributed by atoms with E-state index in [4.69, 9.17) is 0 Å². The molecule has 0 fully saturated rings. The van der Waals surface area contributed by atoms with E-state index in [0.29, 0.717) is 5.78 Å². The zero-order chi connectivity index (χ0) is 14.3. The van der Waals surface area contributed by atoms with Crippen LogP contribution in [0, 0.1) is 0 Å². The molecule has 0 amide bonds. The van der Waals surface area contributed by atoms with Crippen molar-refractivity contribution in [2.45, 2.75) is 5.78 Å². The van der Waals surface area contributed by atoms with E-state index in [0.717, 1.165) is 0 Å². The van der Waals surface area contributed by atoms with Crippen molar-refractivity contribution in [1.82, 2.24) is 0 Å². The summed E-state index contributed by atoms with van der Waals surface area (Å²) in [6.45, 7) is 2.39. The molecule has 104 valence electrons. The maximum absolute atomic E-state index is 2.45. The lowest BCUT2D eigenvalue weighted by molar-refractivity contribution is 0.906. The van der Waals surface area contributed by atoms with Crippen LogP contribution in [0.5, 0.6) is 0 Å². The Balaban J connectivity index is 2.03. The fourth-order valence-electron chi connectivity index (χ4n) is 2.97. The summed E-state index contributed by atoms with van der Waals surface area (Å²) in [5, 5.41) is 1.52. The van der Waals surface area contributed by atoms with Gasteiger partial charge in [0.1, 0.15) is 0 Å². The minimum atomic E-state index is -0.184. The van der Waals surface area contributed by atoms with Gasteiger partial charge < -0.3 is 9.80 Å². The van der Waals surface area contributed by atoms with E-state index >= 15 is 0 Å². The number of hydrogen-bond donors (Lipinski definition) is 0. The Kier molecular flexibility index (Phi) is 3.43. The summed E-state index contributed by atoms with van der Waals surface area (Å²) in [5.41, 5.74) is 4.08. The van der Waals surface area contributed by atoms with Crippen molar-refractivity contribution in [2.24, 2.45) is 0 Å². The Morgan fingerprint density at radius 3 is 2.40 bits per heavy atom. The normalized spacial score (nSPS) is 20.9. The highest BCUT2D eigenvalue weighted by Crippen LogP contribution is 2.57. The first-order valence-corrected chi connectivity index (χ1v) is 8.77. The van der Waals surface area contributed by atoms with Gasteiger partial charge in [-0.25, -0.2) is 0 Å². The first-order valence-electron chi connectivity index (χ1n) is 6.91. The van der Waals surface area contributed by atoms with Crippen LogP contribution in [0.1, 0.15) is 11.3 Å². The third-order valence-electron chi connectivity index (χ3n) is 4.07. The summed E-state index contributed by atoms with van der Waals surface area (Å²) >= 11 is 0. The van der Waals surface area contributed by atoms with Gasteiger partial charge in [0, 0.05) is 37.8 Å². The Bertz CT molecular complexity index is 610. The maximum atomic E-state index is 2.45. The average Bonchev–Trinajstić information content (AvgIpc) is 2.71. The monoisotopic (exact) mass is 284 g/mol. The molecule has 0 aromatic heterocycles. The SMILES string of the molecule is CN(C)c1ccc2c(c1)N(C)C(c1ccccc1)P2C. The zero-order valence-corrected chi connectivity index (χ0v) is 13.4. The molecule has 0 N–H and O–H groups in total. The van der Waals surface area contributed by atoms with Crippen molar-refractivity contribution in [1.29, 1.82) is 0 Å². The summed E-state index contributed by atoms with van der Waals surface area (Å²) in [7, 11) is 6.23. The number of benzene rings is 2. The number of hydrogen-bond acceptors (Lipinski definition) is 2. The van der Waals surface area contributed by atoms with Gasteiger partial charge in [-0.1, -0.05) is 36.4 Å². The summed E-state index contributed by atoms with van der Waals surface area (Å²) in [6.07, 6.45) is 0. The van der Waals surface area contributed by atoms with E-state index in [-0.39, 0.29) is 7.92 Å². The van der Waals surface area contributed by atoms with Crippen LogP contribution in [-0.2, 0) is 0 Å². The first-order chi connectivity index (χ1) is 9.59. The maximum Gasteiger partial charge on any atom is 0.0774 e. The molecule has 3 rings (SSSR count). The van der Waals surface area contributed by atoms with Crippen LogP contribution in [0.3, 0.4) is 0 Å². The minimum Gasteiger partial charge on any atom is -0.378 e. The Morgan fingerprint density at radius 1 is 1.05 bits per heavy atom. The first kappa shape index (κ1) is 13.5. The highest BCUT2D eigenvalue weighted by molar-refractivity contribution is 7.66. The molecule has 2 nitrogen and oxygen atoms in total. The third-order valence-corrected chi connectivity index (χ3v) is 6.58. The van der Waals surface area contributed by atoms with Crippen molar-refractivity contribution >= 4 is 24.6 Å². The fraction of sp³-hybridized carbons (Fsp3) is 0.294. The zero-order valence-electron chi connectivity index (χ0n) is 12.5. The molecular weight excluding hydrogens is 263 g/mol. The van der Waals surface area contributed by atoms with Crippen LogP contribution in [0.25, 0.3) is 0 Å². The van der Waals surface area contributed by atoms with Crippen molar-refractivity contribution in [2.75, 3.05) is 37.6 Å². The van der Waals surface area contributed by atoms with Gasteiger partial charge >= 0.3 is 0 Å². The van der Waals surface area contributed by atoms with Crippen molar-refractivity contribution in [3.05, 3.63) is 54.1 Å². The predicted octanol–water partition coefficient (Wildman–Crippen LogP) is 3.64. The highest BCUT2D eigenvalue weighted by Gasteiger charge is 2.34. The van der Waals surface area contributed by atoms with E-state index in [9.17, 15) is 0 Å². The lowest BCUT2D eigenvalue weighted by Crippen LogP contribution is -2.18.